The van der Waals surface area contributed by atoms with Crippen LogP contribution in [0.25, 0.3) is 0 Å². The number of ether oxygens (including phenoxy) is 1. The summed E-state index contributed by atoms with van der Waals surface area (Å²) in [5.41, 5.74) is 0.801. The van der Waals surface area contributed by atoms with E-state index < -0.39 is 0 Å². The van der Waals surface area contributed by atoms with Gasteiger partial charge in [-0.15, -0.1) is 0 Å². The summed E-state index contributed by atoms with van der Waals surface area (Å²) in [4.78, 5) is 15.7. The highest BCUT2D eigenvalue weighted by atomic mass is 79.9. The number of hydrogen-bond acceptors (Lipinski definition) is 4. The molecule has 0 aromatic carbocycles. The third-order valence-electron chi connectivity index (χ3n) is 2.24. The Morgan fingerprint density at radius 3 is 2.76 bits per heavy atom. The molecular weight excluding hydrogens is 284 g/mol. The highest BCUT2D eigenvalue weighted by Gasteiger charge is 2.20. The molecule has 0 bridgehead atoms. The Morgan fingerprint density at radius 2 is 2.24 bits per heavy atom. The van der Waals surface area contributed by atoms with Crippen LogP contribution in [0.3, 0.4) is 0 Å². The van der Waals surface area contributed by atoms with Gasteiger partial charge in [-0.25, -0.2) is 4.79 Å². The fraction of sp³-hybridized carbons (Fsp3) is 0.500. The molecule has 0 fully saturated rings. The Labute approximate surface area is 110 Å². The summed E-state index contributed by atoms with van der Waals surface area (Å²) < 4.78 is 5.65. The summed E-state index contributed by atoms with van der Waals surface area (Å²) in [5.74, 6) is 0.158. The maximum absolute atomic E-state index is 11.6. The monoisotopic (exact) mass is 300 g/mol. The Kier molecular flexibility index (Phi) is 5.41. The van der Waals surface area contributed by atoms with Crippen molar-refractivity contribution in [2.75, 3.05) is 12.4 Å². The largest absolute Gasteiger partial charge is 0.467 e. The molecule has 0 spiro atoms. The lowest BCUT2D eigenvalue weighted by molar-refractivity contribution is -0.141. The van der Waals surface area contributed by atoms with Crippen molar-refractivity contribution in [3.63, 3.8) is 0 Å². The predicted molar refractivity (Wildman–Crippen MR) is 70.8 cm³/mol. The number of anilines is 1. The summed E-state index contributed by atoms with van der Waals surface area (Å²) in [6.45, 7) is 4.13. The molecule has 1 aromatic heterocycles. The normalized spacial score (nSPS) is 12.3. The van der Waals surface area contributed by atoms with E-state index in [-0.39, 0.29) is 12.0 Å². The molecule has 1 aromatic rings. The smallest absolute Gasteiger partial charge is 0.328 e. The van der Waals surface area contributed by atoms with Crippen molar-refractivity contribution in [1.82, 2.24) is 4.98 Å². The first-order chi connectivity index (χ1) is 8.02. The van der Waals surface area contributed by atoms with Gasteiger partial charge >= 0.3 is 5.97 Å². The van der Waals surface area contributed by atoms with Crippen molar-refractivity contribution in [1.29, 1.82) is 0 Å². The number of hydrogen-bond donors (Lipinski definition) is 1. The molecule has 94 valence electrons. The van der Waals surface area contributed by atoms with Crippen molar-refractivity contribution >= 4 is 27.6 Å². The van der Waals surface area contributed by atoms with E-state index in [0.29, 0.717) is 5.92 Å². The highest BCUT2D eigenvalue weighted by Crippen LogP contribution is 2.17. The van der Waals surface area contributed by atoms with Gasteiger partial charge in [0.1, 0.15) is 6.04 Å². The number of pyridine rings is 1. The summed E-state index contributed by atoms with van der Waals surface area (Å²) in [7, 11) is 1.40. The maximum atomic E-state index is 11.6. The standard InChI is InChI=1S/C12H17BrN2O2/c1-8(2)4-11(12(16)17-3)15-10-5-9(13)6-14-7-10/h5-8,11,15H,4H2,1-3H3. The minimum Gasteiger partial charge on any atom is -0.467 e. The highest BCUT2D eigenvalue weighted by molar-refractivity contribution is 9.10. The number of carbonyl (C=O) groups excluding carboxylic acids is 1. The van der Waals surface area contributed by atoms with Crippen molar-refractivity contribution in [2.24, 2.45) is 5.92 Å². The van der Waals surface area contributed by atoms with Gasteiger partial charge in [-0.05, 0) is 34.3 Å². The molecule has 0 aliphatic rings. The molecule has 4 nitrogen and oxygen atoms in total. The van der Waals surface area contributed by atoms with Crippen LogP contribution in [0.1, 0.15) is 20.3 Å². The van der Waals surface area contributed by atoms with Crippen LogP contribution in [0.5, 0.6) is 0 Å². The maximum Gasteiger partial charge on any atom is 0.328 e. The minimum atomic E-state index is -0.337. The molecule has 1 atom stereocenters. The zero-order valence-corrected chi connectivity index (χ0v) is 11.8. The molecule has 1 rings (SSSR count). The van der Waals surface area contributed by atoms with Gasteiger partial charge in [-0.3, -0.25) is 4.98 Å². The Morgan fingerprint density at radius 1 is 1.53 bits per heavy atom. The van der Waals surface area contributed by atoms with E-state index in [9.17, 15) is 4.79 Å². The van der Waals surface area contributed by atoms with Gasteiger partial charge in [0, 0.05) is 10.7 Å². The fourth-order valence-corrected chi connectivity index (χ4v) is 1.88. The van der Waals surface area contributed by atoms with Crippen LogP contribution in [0.15, 0.2) is 22.9 Å². The van der Waals surface area contributed by atoms with Gasteiger partial charge in [0.15, 0.2) is 0 Å². The SMILES string of the molecule is COC(=O)C(CC(C)C)Nc1cncc(Br)c1. The summed E-state index contributed by atoms with van der Waals surface area (Å²) in [6, 6.07) is 1.54. The first-order valence-electron chi connectivity index (χ1n) is 5.48. The number of carbonyl (C=O) groups is 1. The molecule has 0 amide bonds. The van der Waals surface area contributed by atoms with Crippen LogP contribution in [0, 0.1) is 5.92 Å². The second kappa shape index (κ2) is 6.59. The Balaban J connectivity index is 2.75. The molecule has 1 heterocycles. The predicted octanol–water partition coefficient (Wildman–Crippen LogP) is 2.84. The van der Waals surface area contributed by atoms with Gasteiger partial charge in [0.05, 0.1) is 19.0 Å². The van der Waals surface area contributed by atoms with Crippen LogP contribution in [-0.2, 0) is 9.53 Å². The number of nitrogens with one attached hydrogen (secondary N) is 1. The van der Waals surface area contributed by atoms with Crippen LogP contribution in [0.2, 0.25) is 0 Å². The summed E-state index contributed by atoms with van der Waals surface area (Å²) in [5, 5.41) is 3.13. The Bertz CT molecular complexity index is 383. The number of nitrogens with zero attached hydrogens (tertiary/aromatic N) is 1. The lowest BCUT2D eigenvalue weighted by atomic mass is 10.0. The lowest BCUT2D eigenvalue weighted by Gasteiger charge is -2.19. The average molecular weight is 301 g/mol. The van der Waals surface area contributed by atoms with Crippen molar-refractivity contribution in [2.45, 2.75) is 26.3 Å². The van der Waals surface area contributed by atoms with Crippen molar-refractivity contribution in [3.05, 3.63) is 22.9 Å². The minimum absolute atomic E-state index is 0.251. The molecule has 1 unspecified atom stereocenters. The van der Waals surface area contributed by atoms with E-state index in [4.69, 9.17) is 4.74 Å². The molecule has 0 saturated carbocycles. The number of esters is 1. The average Bonchev–Trinajstić information content (AvgIpc) is 2.26. The molecule has 0 radical (unpaired) electrons. The van der Waals surface area contributed by atoms with E-state index >= 15 is 0 Å². The lowest BCUT2D eigenvalue weighted by Crippen LogP contribution is -2.32. The fourth-order valence-electron chi connectivity index (χ4n) is 1.52. The van der Waals surface area contributed by atoms with E-state index in [0.717, 1.165) is 16.6 Å². The van der Waals surface area contributed by atoms with E-state index in [1.165, 1.54) is 7.11 Å². The number of rotatable bonds is 5. The summed E-state index contributed by atoms with van der Waals surface area (Å²) >= 11 is 3.34. The van der Waals surface area contributed by atoms with E-state index in [2.05, 4.69) is 40.1 Å². The topological polar surface area (TPSA) is 51.2 Å². The van der Waals surface area contributed by atoms with Gasteiger partial charge in [-0.2, -0.15) is 0 Å². The first-order valence-corrected chi connectivity index (χ1v) is 6.27. The second-order valence-electron chi connectivity index (χ2n) is 4.24. The van der Waals surface area contributed by atoms with E-state index in [1.54, 1.807) is 12.4 Å². The molecular formula is C12H17BrN2O2. The number of halogens is 1. The zero-order chi connectivity index (χ0) is 12.8. The van der Waals surface area contributed by atoms with Crippen LogP contribution < -0.4 is 5.32 Å². The molecule has 1 N–H and O–H groups in total. The van der Waals surface area contributed by atoms with Gasteiger partial charge in [0.2, 0.25) is 0 Å². The van der Waals surface area contributed by atoms with Crippen LogP contribution in [-0.4, -0.2) is 24.1 Å². The van der Waals surface area contributed by atoms with Crippen molar-refractivity contribution in [3.8, 4) is 0 Å². The van der Waals surface area contributed by atoms with Gasteiger partial charge < -0.3 is 10.1 Å². The second-order valence-corrected chi connectivity index (χ2v) is 5.16. The molecule has 0 aliphatic carbocycles. The van der Waals surface area contributed by atoms with Gasteiger partial charge in [-0.1, -0.05) is 13.8 Å². The van der Waals surface area contributed by atoms with Gasteiger partial charge in [0.25, 0.3) is 0 Å². The molecule has 17 heavy (non-hydrogen) atoms. The van der Waals surface area contributed by atoms with Crippen molar-refractivity contribution < 1.29 is 9.53 Å². The first kappa shape index (κ1) is 14.0. The van der Waals surface area contributed by atoms with E-state index in [1.807, 2.05) is 6.07 Å². The quantitative estimate of drug-likeness (QED) is 0.850. The number of methoxy groups -OCH3 is 1. The van der Waals surface area contributed by atoms with Crippen LogP contribution in [0.4, 0.5) is 5.69 Å². The molecule has 0 saturated heterocycles. The van der Waals surface area contributed by atoms with Crippen LogP contribution >= 0.6 is 15.9 Å². The summed E-state index contributed by atoms with van der Waals surface area (Å²) in [6.07, 6.45) is 4.10. The molecule has 5 heteroatoms. The molecule has 0 aliphatic heterocycles. The third-order valence-corrected chi connectivity index (χ3v) is 2.67. The zero-order valence-electron chi connectivity index (χ0n) is 10.2. The third kappa shape index (κ3) is 4.73. The Hall–Kier alpha value is -1.10. The number of aromatic nitrogens is 1.